The van der Waals surface area contributed by atoms with Crippen molar-refractivity contribution >= 4 is 0 Å². The third kappa shape index (κ3) is 3.78. The number of hydrogen-bond acceptors (Lipinski definition) is 3. The molecule has 0 amide bonds. The molecule has 2 unspecified atom stereocenters. The molecule has 0 radical (unpaired) electrons. The van der Waals surface area contributed by atoms with E-state index in [1.165, 1.54) is 11.1 Å². The molecule has 1 aromatic carbocycles. The predicted molar refractivity (Wildman–Crippen MR) is 86.7 cm³/mol. The van der Waals surface area contributed by atoms with Crippen LogP contribution in [0.25, 0.3) is 0 Å². The van der Waals surface area contributed by atoms with E-state index >= 15 is 0 Å². The van der Waals surface area contributed by atoms with Crippen molar-refractivity contribution in [1.29, 1.82) is 0 Å². The Morgan fingerprint density at radius 2 is 2.19 bits per heavy atom. The Morgan fingerprint density at radius 3 is 2.86 bits per heavy atom. The molecule has 2 atom stereocenters. The normalized spacial score (nSPS) is 25.5. The van der Waals surface area contributed by atoms with Gasteiger partial charge in [0.1, 0.15) is 5.75 Å². The summed E-state index contributed by atoms with van der Waals surface area (Å²) in [5.41, 5.74) is 8.36. The van der Waals surface area contributed by atoms with Gasteiger partial charge in [-0.05, 0) is 55.2 Å². The summed E-state index contributed by atoms with van der Waals surface area (Å²) < 4.78 is 5.99. The van der Waals surface area contributed by atoms with Crippen LogP contribution in [0.5, 0.6) is 5.75 Å². The van der Waals surface area contributed by atoms with E-state index in [2.05, 4.69) is 39.0 Å². The van der Waals surface area contributed by atoms with Crippen molar-refractivity contribution in [2.45, 2.75) is 57.9 Å². The summed E-state index contributed by atoms with van der Waals surface area (Å²) in [4.78, 5) is 0. The number of aliphatic hydroxyl groups excluding tert-OH is 1. The zero-order chi connectivity index (χ0) is 15.5. The molecule has 118 valence electrons. The minimum atomic E-state index is -0.391. The summed E-state index contributed by atoms with van der Waals surface area (Å²) in [6.07, 6.45) is 4.06. The molecule has 0 bridgehead atoms. The van der Waals surface area contributed by atoms with Crippen molar-refractivity contribution < 1.29 is 9.84 Å². The lowest BCUT2D eigenvalue weighted by Crippen LogP contribution is -2.47. The van der Waals surface area contributed by atoms with Crippen LogP contribution in [0, 0.1) is 12.8 Å². The maximum atomic E-state index is 9.49. The number of benzene rings is 1. The molecular weight excluding hydrogens is 262 g/mol. The molecule has 0 aromatic heterocycles. The number of aliphatic hydroxyl groups is 1. The number of nitrogens with two attached hydrogens (primary N) is 1. The van der Waals surface area contributed by atoms with Crippen LogP contribution in [-0.2, 0) is 0 Å². The molecule has 0 aliphatic heterocycles. The second-order valence-electron chi connectivity index (χ2n) is 6.80. The smallest absolute Gasteiger partial charge is 0.122 e. The topological polar surface area (TPSA) is 55.5 Å². The van der Waals surface area contributed by atoms with Crippen molar-refractivity contribution in [2.24, 2.45) is 11.7 Å². The van der Waals surface area contributed by atoms with Crippen LogP contribution in [0.1, 0.15) is 56.6 Å². The Hall–Kier alpha value is -1.06. The molecule has 3 nitrogen and oxygen atoms in total. The molecule has 3 heteroatoms. The van der Waals surface area contributed by atoms with Gasteiger partial charge in [0, 0.05) is 5.54 Å². The molecule has 1 aliphatic rings. The van der Waals surface area contributed by atoms with Crippen molar-refractivity contribution in [1.82, 2.24) is 0 Å². The fourth-order valence-electron chi connectivity index (χ4n) is 3.25. The molecule has 1 fully saturated rings. The average Bonchev–Trinajstić information content (AvgIpc) is 2.83. The fraction of sp³-hybridized carbons (Fsp3) is 0.667. The highest BCUT2D eigenvalue weighted by Crippen LogP contribution is 2.36. The van der Waals surface area contributed by atoms with E-state index in [0.717, 1.165) is 31.4 Å². The van der Waals surface area contributed by atoms with Gasteiger partial charge in [0.2, 0.25) is 0 Å². The maximum Gasteiger partial charge on any atom is 0.122 e. The summed E-state index contributed by atoms with van der Waals surface area (Å²) in [5, 5.41) is 9.49. The minimum absolute atomic E-state index is 0.0829. The highest BCUT2D eigenvalue weighted by Gasteiger charge is 2.38. The summed E-state index contributed by atoms with van der Waals surface area (Å²) in [6.45, 7) is 7.22. The molecule has 1 aromatic rings. The van der Waals surface area contributed by atoms with Crippen LogP contribution in [-0.4, -0.2) is 23.9 Å². The Labute approximate surface area is 128 Å². The highest BCUT2D eigenvalue weighted by atomic mass is 16.5. The first-order valence-corrected chi connectivity index (χ1v) is 8.09. The van der Waals surface area contributed by atoms with E-state index in [9.17, 15) is 5.11 Å². The summed E-state index contributed by atoms with van der Waals surface area (Å²) >= 11 is 0. The molecule has 1 saturated carbocycles. The van der Waals surface area contributed by atoms with Crippen molar-refractivity contribution in [3.63, 3.8) is 0 Å². The van der Waals surface area contributed by atoms with Crippen molar-refractivity contribution in [3.8, 4) is 5.75 Å². The predicted octanol–water partition coefficient (Wildman–Crippen LogP) is 3.38. The van der Waals surface area contributed by atoms with Gasteiger partial charge in [-0.1, -0.05) is 32.4 Å². The van der Waals surface area contributed by atoms with Gasteiger partial charge in [0.05, 0.1) is 13.2 Å². The zero-order valence-corrected chi connectivity index (χ0v) is 13.6. The third-order valence-corrected chi connectivity index (χ3v) is 4.90. The molecule has 0 spiro atoms. The first-order valence-electron chi connectivity index (χ1n) is 8.09. The largest absolute Gasteiger partial charge is 0.493 e. The fourth-order valence-corrected chi connectivity index (χ4v) is 3.25. The number of rotatable bonds is 6. The lowest BCUT2D eigenvalue weighted by Gasteiger charge is -2.29. The standard InChI is InChI=1S/C18H29NO2/c1-13(2)15-7-6-14(3)17(11-15)21-10-8-16-5-4-9-18(16,19)12-20/h6-7,11,13,16,20H,4-5,8-10,12,19H2,1-3H3. The summed E-state index contributed by atoms with van der Waals surface area (Å²) in [5.74, 6) is 1.86. The number of aryl methyl sites for hydroxylation is 1. The molecular formula is C18H29NO2. The molecule has 2 rings (SSSR count). The lowest BCUT2D eigenvalue weighted by molar-refractivity contribution is 0.143. The van der Waals surface area contributed by atoms with Crippen LogP contribution in [0.3, 0.4) is 0 Å². The van der Waals surface area contributed by atoms with Gasteiger partial charge in [-0.3, -0.25) is 0 Å². The van der Waals surface area contributed by atoms with E-state index in [1.54, 1.807) is 0 Å². The van der Waals surface area contributed by atoms with Gasteiger partial charge in [0.25, 0.3) is 0 Å². The molecule has 1 aliphatic carbocycles. The second kappa shape index (κ2) is 6.80. The Bertz CT molecular complexity index is 472. The van der Waals surface area contributed by atoms with Crippen molar-refractivity contribution in [2.75, 3.05) is 13.2 Å². The quantitative estimate of drug-likeness (QED) is 0.845. The van der Waals surface area contributed by atoms with E-state index < -0.39 is 5.54 Å². The highest BCUT2D eigenvalue weighted by molar-refractivity contribution is 5.37. The van der Waals surface area contributed by atoms with E-state index in [4.69, 9.17) is 10.5 Å². The Balaban J connectivity index is 1.93. The first kappa shape index (κ1) is 16.3. The van der Waals surface area contributed by atoms with Crippen LogP contribution in [0.4, 0.5) is 0 Å². The van der Waals surface area contributed by atoms with Crippen LogP contribution < -0.4 is 10.5 Å². The van der Waals surface area contributed by atoms with Gasteiger partial charge in [-0.15, -0.1) is 0 Å². The van der Waals surface area contributed by atoms with Crippen LogP contribution >= 0.6 is 0 Å². The minimum Gasteiger partial charge on any atom is -0.493 e. The molecule has 0 saturated heterocycles. The maximum absolute atomic E-state index is 9.49. The number of hydrogen-bond donors (Lipinski definition) is 2. The van der Waals surface area contributed by atoms with Gasteiger partial charge in [-0.2, -0.15) is 0 Å². The van der Waals surface area contributed by atoms with Gasteiger partial charge in [0.15, 0.2) is 0 Å². The second-order valence-corrected chi connectivity index (χ2v) is 6.80. The average molecular weight is 291 g/mol. The number of ether oxygens (including phenoxy) is 1. The van der Waals surface area contributed by atoms with Gasteiger partial charge >= 0.3 is 0 Å². The summed E-state index contributed by atoms with van der Waals surface area (Å²) in [6, 6.07) is 6.44. The van der Waals surface area contributed by atoms with E-state index in [0.29, 0.717) is 18.4 Å². The molecule has 0 heterocycles. The third-order valence-electron chi connectivity index (χ3n) is 4.90. The Morgan fingerprint density at radius 1 is 1.43 bits per heavy atom. The SMILES string of the molecule is Cc1ccc(C(C)C)cc1OCCC1CCCC1(N)CO. The van der Waals surface area contributed by atoms with E-state index in [1.807, 2.05) is 0 Å². The molecule has 3 N–H and O–H groups in total. The monoisotopic (exact) mass is 291 g/mol. The zero-order valence-electron chi connectivity index (χ0n) is 13.6. The van der Waals surface area contributed by atoms with Crippen LogP contribution in [0.2, 0.25) is 0 Å². The molecule has 21 heavy (non-hydrogen) atoms. The Kier molecular flexibility index (Phi) is 5.28. The van der Waals surface area contributed by atoms with Gasteiger partial charge < -0.3 is 15.6 Å². The summed E-state index contributed by atoms with van der Waals surface area (Å²) in [7, 11) is 0. The van der Waals surface area contributed by atoms with E-state index in [-0.39, 0.29) is 6.61 Å². The van der Waals surface area contributed by atoms with Gasteiger partial charge in [-0.25, -0.2) is 0 Å². The lowest BCUT2D eigenvalue weighted by atomic mass is 9.87. The first-order chi connectivity index (χ1) is 9.96. The van der Waals surface area contributed by atoms with Crippen LogP contribution in [0.15, 0.2) is 18.2 Å². The van der Waals surface area contributed by atoms with Crippen molar-refractivity contribution in [3.05, 3.63) is 29.3 Å².